The summed E-state index contributed by atoms with van der Waals surface area (Å²) >= 11 is 1.61. The third-order valence-electron chi connectivity index (χ3n) is 6.69. The number of carbonyl (C=O) groups is 2. The summed E-state index contributed by atoms with van der Waals surface area (Å²) in [5, 5.41) is 0.757. The summed E-state index contributed by atoms with van der Waals surface area (Å²) in [6.07, 6.45) is 1.58. The maximum absolute atomic E-state index is 13.1. The molecule has 2 aromatic rings. The minimum atomic E-state index is -0.237. The first kappa shape index (κ1) is 27.4. The molecule has 0 saturated carbocycles. The Kier molecular flexibility index (Phi) is 9.08. The number of anilines is 1. The van der Waals surface area contributed by atoms with E-state index in [0.29, 0.717) is 44.2 Å². The number of benzene rings is 1. The molecule has 8 nitrogen and oxygen atoms in total. The van der Waals surface area contributed by atoms with Crippen LogP contribution in [0.15, 0.2) is 35.5 Å². The van der Waals surface area contributed by atoms with Crippen molar-refractivity contribution in [3.05, 3.63) is 47.2 Å². The Balaban J connectivity index is 1.40. The van der Waals surface area contributed by atoms with Crippen LogP contribution in [0.4, 0.5) is 5.82 Å². The van der Waals surface area contributed by atoms with Crippen LogP contribution in [0.25, 0.3) is 0 Å². The highest BCUT2D eigenvalue weighted by molar-refractivity contribution is 7.98. The van der Waals surface area contributed by atoms with Crippen molar-refractivity contribution in [2.24, 2.45) is 5.92 Å². The summed E-state index contributed by atoms with van der Waals surface area (Å²) in [7, 11) is 0. The molecule has 2 fully saturated rings. The minimum Gasteiger partial charge on any atom is -0.466 e. The quantitative estimate of drug-likeness (QED) is 0.300. The van der Waals surface area contributed by atoms with Crippen LogP contribution in [0.2, 0.25) is 0 Å². The predicted octanol–water partition coefficient (Wildman–Crippen LogP) is 4.32. The number of hydrogen-bond donors (Lipinski definition) is 0. The van der Waals surface area contributed by atoms with Gasteiger partial charge < -0.3 is 19.3 Å². The molecular formula is C28H38N4O4S. The average molecular weight is 527 g/mol. The molecule has 0 unspecified atom stereocenters. The number of esters is 1. The van der Waals surface area contributed by atoms with Gasteiger partial charge in [0.05, 0.1) is 31.4 Å². The van der Waals surface area contributed by atoms with Crippen molar-refractivity contribution in [3.63, 3.8) is 0 Å². The average Bonchev–Trinajstić information content (AvgIpc) is 2.92. The van der Waals surface area contributed by atoms with E-state index in [1.807, 2.05) is 24.3 Å². The van der Waals surface area contributed by atoms with Crippen LogP contribution in [0, 0.1) is 5.92 Å². The van der Waals surface area contributed by atoms with Gasteiger partial charge in [-0.25, -0.2) is 9.97 Å². The second-order valence-electron chi connectivity index (χ2n) is 10.6. The topological polar surface area (TPSA) is 84.9 Å². The zero-order valence-corrected chi connectivity index (χ0v) is 23.2. The van der Waals surface area contributed by atoms with Gasteiger partial charge in [0.25, 0.3) is 5.91 Å². The van der Waals surface area contributed by atoms with Gasteiger partial charge in [0.2, 0.25) is 0 Å². The lowest BCUT2D eigenvalue weighted by Gasteiger charge is -2.31. The molecule has 4 rings (SSSR count). The molecule has 1 aromatic carbocycles. The van der Waals surface area contributed by atoms with E-state index in [4.69, 9.17) is 19.4 Å². The highest BCUT2D eigenvalue weighted by Crippen LogP contribution is 2.29. The number of amides is 1. The van der Waals surface area contributed by atoms with Crippen molar-refractivity contribution in [1.29, 1.82) is 0 Å². The number of hydrogen-bond acceptors (Lipinski definition) is 8. The number of morpholine rings is 1. The molecule has 9 heteroatoms. The SMILES string of the molecule is CCOC(=O)[C@@H]1CCCN(C(=O)c2ccc(CSc3nc(N4CCOCC4)cc(C(C)(C)C)n3)cc2)C1. The van der Waals surface area contributed by atoms with Crippen LogP contribution in [-0.2, 0) is 25.4 Å². The maximum atomic E-state index is 13.1. The molecule has 3 heterocycles. The number of rotatable bonds is 7. The molecule has 1 aromatic heterocycles. The lowest BCUT2D eigenvalue weighted by Crippen LogP contribution is -2.42. The molecule has 0 spiro atoms. The summed E-state index contributed by atoms with van der Waals surface area (Å²) in [4.78, 5) is 38.9. The first-order chi connectivity index (χ1) is 17.7. The number of ether oxygens (including phenoxy) is 2. The fourth-order valence-corrected chi connectivity index (χ4v) is 5.31. The third kappa shape index (κ3) is 7.23. The second kappa shape index (κ2) is 12.3. The molecule has 0 N–H and O–H groups in total. The van der Waals surface area contributed by atoms with E-state index in [2.05, 4.69) is 31.7 Å². The summed E-state index contributed by atoms with van der Waals surface area (Å²) in [5.74, 6) is 1.18. The van der Waals surface area contributed by atoms with E-state index in [9.17, 15) is 9.59 Å². The summed E-state index contributed by atoms with van der Waals surface area (Å²) in [6, 6.07) is 9.82. The van der Waals surface area contributed by atoms with Crippen LogP contribution < -0.4 is 4.90 Å². The van der Waals surface area contributed by atoms with E-state index in [-0.39, 0.29) is 23.2 Å². The zero-order chi connectivity index (χ0) is 26.4. The first-order valence-corrected chi connectivity index (χ1v) is 14.1. The van der Waals surface area contributed by atoms with Gasteiger partial charge in [0.1, 0.15) is 5.82 Å². The minimum absolute atomic E-state index is 0.0374. The number of nitrogens with zero attached hydrogens (tertiary/aromatic N) is 4. The Morgan fingerprint density at radius 2 is 1.84 bits per heavy atom. The number of piperidine rings is 1. The van der Waals surface area contributed by atoms with E-state index in [0.717, 1.165) is 48.2 Å². The fourth-order valence-electron chi connectivity index (χ4n) is 4.50. The molecule has 2 aliphatic rings. The van der Waals surface area contributed by atoms with Gasteiger partial charge in [-0.15, -0.1) is 0 Å². The Hall–Kier alpha value is -2.65. The van der Waals surface area contributed by atoms with Gasteiger partial charge in [0.15, 0.2) is 5.16 Å². The van der Waals surface area contributed by atoms with Crippen LogP contribution >= 0.6 is 11.8 Å². The molecular weight excluding hydrogens is 488 g/mol. The number of aromatic nitrogens is 2. The largest absolute Gasteiger partial charge is 0.466 e. The maximum Gasteiger partial charge on any atom is 0.310 e. The van der Waals surface area contributed by atoms with Gasteiger partial charge in [-0.3, -0.25) is 9.59 Å². The standard InChI is InChI=1S/C28H38N4O4S/c1-5-36-26(34)22-7-6-12-32(18-22)25(33)21-10-8-20(9-11-21)19-37-27-29-23(28(2,3)4)17-24(30-27)31-13-15-35-16-14-31/h8-11,17,22H,5-7,12-16,18-19H2,1-4H3/t22-/m1/s1. The third-order valence-corrected chi connectivity index (χ3v) is 7.61. The van der Waals surface area contributed by atoms with Crippen LogP contribution in [0.3, 0.4) is 0 Å². The monoisotopic (exact) mass is 526 g/mol. The van der Waals surface area contributed by atoms with Gasteiger partial charge in [0, 0.05) is 49.0 Å². The molecule has 1 amide bonds. The van der Waals surface area contributed by atoms with Crippen molar-refractivity contribution >= 4 is 29.5 Å². The molecule has 37 heavy (non-hydrogen) atoms. The zero-order valence-electron chi connectivity index (χ0n) is 22.4. The molecule has 200 valence electrons. The smallest absolute Gasteiger partial charge is 0.310 e. The first-order valence-electron chi connectivity index (χ1n) is 13.1. The lowest BCUT2D eigenvalue weighted by molar-refractivity contribution is -0.149. The lowest BCUT2D eigenvalue weighted by atomic mass is 9.92. The van der Waals surface area contributed by atoms with Crippen molar-refractivity contribution in [1.82, 2.24) is 14.9 Å². The van der Waals surface area contributed by atoms with Gasteiger partial charge in [-0.1, -0.05) is 44.7 Å². The van der Waals surface area contributed by atoms with E-state index in [1.54, 1.807) is 23.6 Å². The van der Waals surface area contributed by atoms with Crippen molar-refractivity contribution in [2.75, 3.05) is 50.9 Å². The Morgan fingerprint density at radius 3 is 2.51 bits per heavy atom. The normalized spacial score (nSPS) is 18.5. The highest BCUT2D eigenvalue weighted by Gasteiger charge is 2.30. The number of thioether (sulfide) groups is 1. The number of likely N-dealkylation sites (tertiary alicyclic amines) is 1. The summed E-state index contributed by atoms with van der Waals surface area (Å²) in [5.41, 5.74) is 2.68. The Morgan fingerprint density at radius 1 is 1.11 bits per heavy atom. The molecule has 2 aliphatic heterocycles. The summed E-state index contributed by atoms with van der Waals surface area (Å²) < 4.78 is 10.7. The number of carbonyl (C=O) groups excluding carboxylic acids is 2. The Bertz CT molecular complexity index is 1080. The second-order valence-corrected chi connectivity index (χ2v) is 11.5. The van der Waals surface area contributed by atoms with Crippen molar-refractivity contribution < 1.29 is 19.1 Å². The van der Waals surface area contributed by atoms with Gasteiger partial charge in [-0.05, 0) is 37.5 Å². The van der Waals surface area contributed by atoms with E-state index < -0.39 is 0 Å². The van der Waals surface area contributed by atoms with Crippen LogP contribution in [0.1, 0.15) is 62.2 Å². The van der Waals surface area contributed by atoms with Crippen molar-refractivity contribution in [3.8, 4) is 0 Å². The van der Waals surface area contributed by atoms with E-state index >= 15 is 0 Å². The fraction of sp³-hybridized carbons (Fsp3) is 0.571. The van der Waals surface area contributed by atoms with Gasteiger partial charge in [-0.2, -0.15) is 0 Å². The van der Waals surface area contributed by atoms with E-state index in [1.165, 1.54) is 0 Å². The van der Waals surface area contributed by atoms with Gasteiger partial charge >= 0.3 is 5.97 Å². The molecule has 0 bridgehead atoms. The molecule has 0 aliphatic carbocycles. The highest BCUT2D eigenvalue weighted by atomic mass is 32.2. The molecule has 2 saturated heterocycles. The Labute approximate surface area is 224 Å². The van der Waals surface area contributed by atoms with Crippen molar-refractivity contribution in [2.45, 2.75) is 56.9 Å². The predicted molar refractivity (Wildman–Crippen MR) is 145 cm³/mol. The summed E-state index contributed by atoms with van der Waals surface area (Å²) in [6.45, 7) is 12.8. The molecule has 1 atom stereocenters. The van der Waals surface area contributed by atoms with Crippen LogP contribution in [-0.4, -0.2) is 72.7 Å². The van der Waals surface area contributed by atoms with Crippen LogP contribution in [0.5, 0.6) is 0 Å². The molecule has 0 radical (unpaired) electrons.